The molecule has 1 N–H and O–H groups in total. The second-order valence-electron chi connectivity index (χ2n) is 6.14. The van der Waals surface area contributed by atoms with Gasteiger partial charge in [0.2, 0.25) is 15.9 Å². The quantitative estimate of drug-likeness (QED) is 0.647. The van der Waals surface area contributed by atoms with Crippen LogP contribution in [0, 0.1) is 5.82 Å². The van der Waals surface area contributed by atoms with Gasteiger partial charge in [-0.2, -0.15) is 13.2 Å². The maximum atomic E-state index is 13.2. The van der Waals surface area contributed by atoms with Gasteiger partial charge in [0.15, 0.2) is 0 Å². The van der Waals surface area contributed by atoms with Crippen LogP contribution in [0.2, 0.25) is 5.02 Å². The summed E-state index contributed by atoms with van der Waals surface area (Å²) in [6.45, 7) is 1.53. The van der Waals surface area contributed by atoms with Gasteiger partial charge in [-0.1, -0.05) is 18.5 Å². The van der Waals surface area contributed by atoms with Crippen molar-refractivity contribution in [2.75, 3.05) is 15.9 Å². The Morgan fingerprint density at radius 3 is 2.24 bits per heavy atom. The maximum Gasteiger partial charge on any atom is 0.416 e. The van der Waals surface area contributed by atoms with Gasteiger partial charge < -0.3 is 5.32 Å². The molecule has 0 saturated carbocycles. The molecule has 158 valence electrons. The molecule has 29 heavy (non-hydrogen) atoms. The monoisotopic (exact) mass is 452 g/mol. The predicted octanol–water partition coefficient (Wildman–Crippen LogP) is 4.68. The van der Waals surface area contributed by atoms with E-state index in [4.69, 9.17) is 11.6 Å². The lowest BCUT2D eigenvalue weighted by molar-refractivity contribution is -0.137. The molecule has 2 rings (SSSR count). The number of rotatable bonds is 6. The lowest BCUT2D eigenvalue weighted by atomic mass is 10.1. The van der Waals surface area contributed by atoms with E-state index in [1.165, 1.54) is 19.1 Å². The fourth-order valence-electron chi connectivity index (χ4n) is 2.66. The van der Waals surface area contributed by atoms with Crippen LogP contribution in [0.4, 0.5) is 28.9 Å². The molecule has 11 heteroatoms. The van der Waals surface area contributed by atoms with E-state index in [1.807, 2.05) is 0 Å². The van der Waals surface area contributed by atoms with Gasteiger partial charge in [0, 0.05) is 0 Å². The SMILES string of the molecule is CCC(C(=O)Nc1cc(C(F)(F)F)ccc1Cl)N(c1ccc(F)cc1)S(C)(=O)=O. The molecule has 1 unspecified atom stereocenters. The molecule has 2 aromatic carbocycles. The zero-order valence-corrected chi connectivity index (χ0v) is 16.9. The summed E-state index contributed by atoms with van der Waals surface area (Å²) >= 11 is 5.89. The Bertz CT molecular complexity index is 995. The summed E-state index contributed by atoms with van der Waals surface area (Å²) in [7, 11) is -3.98. The van der Waals surface area contributed by atoms with E-state index in [9.17, 15) is 30.8 Å². The minimum Gasteiger partial charge on any atom is -0.323 e. The third-order valence-corrected chi connectivity index (χ3v) is 5.47. The number of anilines is 2. The fourth-order valence-corrected chi connectivity index (χ4v) is 4.04. The first-order chi connectivity index (χ1) is 13.3. The van der Waals surface area contributed by atoms with Gasteiger partial charge in [0.05, 0.1) is 28.2 Å². The summed E-state index contributed by atoms with van der Waals surface area (Å²) in [5, 5.41) is 2.11. The Kier molecular flexibility index (Phi) is 6.79. The number of sulfonamides is 1. The second-order valence-corrected chi connectivity index (χ2v) is 8.41. The number of nitrogens with one attached hydrogen (secondary N) is 1. The number of benzene rings is 2. The molecular weight excluding hydrogens is 436 g/mol. The molecule has 0 radical (unpaired) electrons. The average Bonchev–Trinajstić information content (AvgIpc) is 2.60. The van der Waals surface area contributed by atoms with E-state index in [-0.39, 0.29) is 22.8 Å². The highest BCUT2D eigenvalue weighted by atomic mass is 35.5. The molecule has 0 aliphatic rings. The number of amides is 1. The minimum absolute atomic E-state index is 0.00708. The van der Waals surface area contributed by atoms with Crippen LogP contribution in [-0.4, -0.2) is 26.6 Å². The van der Waals surface area contributed by atoms with Gasteiger partial charge in [-0.15, -0.1) is 0 Å². The molecule has 0 aliphatic carbocycles. The van der Waals surface area contributed by atoms with Crippen LogP contribution in [0.5, 0.6) is 0 Å². The summed E-state index contributed by atoms with van der Waals surface area (Å²) in [4.78, 5) is 12.8. The molecule has 1 atom stereocenters. The lowest BCUT2D eigenvalue weighted by Crippen LogP contribution is -2.47. The van der Waals surface area contributed by atoms with Gasteiger partial charge in [-0.3, -0.25) is 9.10 Å². The van der Waals surface area contributed by atoms with Crippen molar-refractivity contribution in [2.24, 2.45) is 0 Å². The van der Waals surface area contributed by atoms with E-state index < -0.39 is 39.5 Å². The first kappa shape index (κ1) is 23.0. The summed E-state index contributed by atoms with van der Waals surface area (Å²) < 4.78 is 77.4. The van der Waals surface area contributed by atoms with Crippen LogP contribution >= 0.6 is 11.6 Å². The molecule has 0 saturated heterocycles. The molecule has 0 bridgehead atoms. The van der Waals surface area contributed by atoms with Crippen LogP contribution in [0.3, 0.4) is 0 Å². The molecule has 1 amide bonds. The second kappa shape index (κ2) is 8.58. The van der Waals surface area contributed by atoms with Crippen LogP contribution in [0.25, 0.3) is 0 Å². The van der Waals surface area contributed by atoms with Crippen molar-refractivity contribution >= 4 is 38.9 Å². The largest absolute Gasteiger partial charge is 0.416 e. The number of halogens is 5. The van der Waals surface area contributed by atoms with Crippen molar-refractivity contribution in [3.05, 3.63) is 58.9 Å². The molecule has 0 aliphatic heterocycles. The molecule has 5 nitrogen and oxygen atoms in total. The normalized spacial score (nSPS) is 13.1. The standard InChI is InChI=1S/C18H17ClF4N2O3S/c1-3-16(25(29(2,27)28)13-7-5-12(20)6-8-13)17(26)24-15-10-11(18(21,22)23)4-9-14(15)19/h4-10,16H,3H2,1-2H3,(H,24,26). The van der Waals surface area contributed by atoms with E-state index in [0.717, 1.165) is 34.8 Å². The Balaban J connectivity index is 2.42. The minimum atomic E-state index is -4.65. The van der Waals surface area contributed by atoms with Crippen LogP contribution < -0.4 is 9.62 Å². The fraction of sp³-hybridized carbons (Fsp3) is 0.278. The van der Waals surface area contributed by atoms with Gasteiger partial charge in [-0.25, -0.2) is 12.8 Å². The van der Waals surface area contributed by atoms with E-state index in [2.05, 4.69) is 5.32 Å². The molecule has 0 heterocycles. The molecule has 2 aromatic rings. The first-order valence-electron chi connectivity index (χ1n) is 8.27. The summed E-state index contributed by atoms with van der Waals surface area (Å²) in [5.41, 5.74) is -1.30. The van der Waals surface area contributed by atoms with Crippen molar-refractivity contribution in [3.63, 3.8) is 0 Å². The molecule has 0 fully saturated rings. The number of hydrogen-bond acceptors (Lipinski definition) is 3. The number of carbonyl (C=O) groups is 1. The Labute approximate surface area is 170 Å². The number of carbonyl (C=O) groups excluding carboxylic acids is 1. The average molecular weight is 453 g/mol. The van der Waals surface area contributed by atoms with Crippen molar-refractivity contribution in [1.82, 2.24) is 0 Å². The van der Waals surface area contributed by atoms with Crippen LogP contribution in [0.15, 0.2) is 42.5 Å². The van der Waals surface area contributed by atoms with E-state index in [1.54, 1.807) is 0 Å². The smallest absolute Gasteiger partial charge is 0.323 e. The van der Waals surface area contributed by atoms with E-state index in [0.29, 0.717) is 6.07 Å². The van der Waals surface area contributed by atoms with Gasteiger partial charge in [-0.05, 0) is 48.9 Å². The van der Waals surface area contributed by atoms with E-state index >= 15 is 0 Å². The maximum absolute atomic E-state index is 13.2. The highest BCUT2D eigenvalue weighted by molar-refractivity contribution is 7.92. The lowest BCUT2D eigenvalue weighted by Gasteiger charge is -2.30. The highest BCUT2D eigenvalue weighted by Crippen LogP contribution is 2.34. The number of hydrogen-bond donors (Lipinski definition) is 1. The van der Waals surface area contributed by atoms with Gasteiger partial charge in [0.25, 0.3) is 0 Å². The molecular formula is C18H17ClF4N2O3S. The van der Waals surface area contributed by atoms with Crippen LogP contribution in [-0.2, 0) is 21.0 Å². The third kappa shape index (κ3) is 5.60. The zero-order chi connectivity index (χ0) is 22.0. The molecule has 0 spiro atoms. The summed E-state index contributed by atoms with van der Waals surface area (Å²) in [5.74, 6) is -1.49. The van der Waals surface area contributed by atoms with Gasteiger partial charge in [0.1, 0.15) is 11.9 Å². The van der Waals surface area contributed by atoms with Crippen molar-refractivity contribution in [3.8, 4) is 0 Å². The highest BCUT2D eigenvalue weighted by Gasteiger charge is 2.34. The number of alkyl halides is 3. The third-order valence-electron chi connectivity index (χ3n) is 3.96. The Morgan fingerprint density at radius 2 is 1.76 bits per heavy atom. The Morgan fingerprint density at radius 1 is 1.17 bits per heavy atom. The topological polar surface area (TPSA) is 66.5 Å². The van der Waals surface area contributed by atoms with Crippen molar-refractivity contribution < 1.29 is 30.8 Å². The Hall–Kier alpha value is -2.33. The van der Waals surface area contributed by atoms with Gasteiger partial charge >= 0.3 is 6.18 Å². The first-order valence-corrected chi connectivity index (χ1v) is 10.5. The number of nitrogens with zero attached hydrogens (tertiary/aromatic N) is 1. The predicted molar refractivity (Wildman–Crippen MR) is 103 cm³/mol. The summed E-state index contributed by atoms with van der Waals surface area (Å²) in [6, 6.07) is 5.53. The zero-order valence-electron chi connectivity index (χ0n) is 15.3. The van der Waals surface area contributed by atoms with Crippen molar-refractivity contribution in [2.45, 2.75) is 25.6 Å². The molecule has 0 aromatic heterocycles. The van der Waals surface area contributed by atoms with Crippen LogP contribution in [0.1, 0.15) is 18.9 Å². The van der Waals surface area contributed by atoms with Crippen molar-refractivity contribution in [1.29, 1.82) is 0 Å². The summed E-state index contributed by atoms with van der Waals surface area (Å²) in [6.07, 6.45) is -3.79.